The fourth-order valence-corrected chi connectivity index (χ4v) is 6.57. The van der Waals surface area contributed by atoms with Crippen molar-refractivity contribution >= 4 is 34.7 Å². The monoisotopic (exact) mass is 496 g/mol. The predicted octanol–water partition coefficient (Wildman–Crippen LogP) is 8.54. The van der Waals surface area contributed by atoms with E-state index < -0.39 is 0 Å². The van der Waals surface area contributed by atoms with E-state index in [-0.39, 0.29) is 5.91 Å². The second kappa shape index (κ2) is 8.68. The fourth-order valence-electron chi connectivity index (χ4n) is 5.47. The van der Waals surface area contributed by atoms with E-state index in [4.69, 9.17) is 0 Å². The number of amides is 1. The van der Waals surface area contributed by atoms with Crippen LogP contribution in [0.15, 0.2) is 125 Å². The standard InChI is InChI=1S/C33H24N2OS/c1-34-21-22-20-23(18-19-24(22)33(34)36)35-29-14-6-2-10-25(29)27-12-4-8-16-31(27)37-32-17-9-5-13-28(32)26-11-3-7-15-30(26)35/h2-20H,21H2,1H3. The third kappa shape index (κ3) is 3.56. The number of carbonyl (C=O) groups excluding carboxylic acids is 1. The van der Waals surface area contributed by atoms with Crippen molar-refractivity contribution in [2.75, 3.05) is 11.9 Å². The number of hydrogen-bond donors (Lipinski definition) is 0. The molecule has 0 bridgehead atoms. The summed E-state index contributed by atoms with van der Waals surface area (Å²) >= 11 is 1.82. The molecule has 0 saturated heterocycles. The van der Waals surface area contributed by atoms with Gasteiger partial charge in [0.1, 0.15) is 0 Å². The summed E-state index contributed by atoms with van der Waals surface area (Å²) in [5, 5.41) is 0. The van der Waals surface area contributed by atoms with Crippen molar-refractivity contribution in [1.29, 1.82) is 0 Å². The Morgan fingerprint density at radius 3 is 1.70 bits per heavy atom. The van der Waals surface area contributed by atoms with Crippen LogP contribution in [0.25, 0.3) is 22.3 Å². The summed E-state index contributed by atoms with van der Waals surface area (Å²) in [5.41, 5.74) is 9.89. The van der Waals surface area contributed by atoms with Crippen molar-refractivity contribution < 1.29 is 4.79 Å². The van der Waals surface area contributed by atoms with Gasteiger partial charge in [-0.2, -0.15) is 0 Å². The fraction of sp³-hybridized carbons (Fsp3) is 0.0606. The van der Waals surface area contributed by atoms with E-state index in [2.05, 4.69) is 114 Å². The molecular weight excluding hydrogens is 472 g/mol. The van der Waals surface area contributed by atoms with Crippen molar-refractivity contribution in [3.8, 4) is 22.3 Å². The lowest BCUT2D eigenvalue weighted by molar-refractivity contribution is 0.0816. The second-order valence-corrected chi connectivity index (χ2v) is 10.6. The molecule has 37 heavy (non-hydrogen) atoms. The van der Waals surface area contributed by atoms with Gasteiger partial charge in [0.25, 0.3) is 5.91 Å². The first-order valence-corrected chi connectivity index (χ1v) is 13.2. The number of benzene rings is 5. The zero-order valence-electron chi connectivity index (χ0n) is 20.4. The van der Waals surface area contributed by atoms with Crippen molar-refractivity contribution in [3.63, 3.8) is 0 Å². The Hall–Kier alpha value is -4.28. The number of anilines is 3. The summed E-state index contributed by atoms with van der Waals surface area (Å²) in [6.45, 7) is 0.626. The summed E-state index contributed by atoms with van der Waals surface area (Å²) in [5.74, 6) is 0.0863. The van der Waals surface area contributed by atoms with Crippen LogP contribution in [0.5, 0.6) is 0 Å². The molecule has 0 aromatic heterocycles. The number of rotatable bonds is 1. The highest BCUT2D eigenvalue weighted by molar-refractivity contribution is 7.99. The first-order chi connectivity index (χ1) is 18.2. The molecule has 1 amide bonds. The van der Waals surface area contributed by atoms with Crippen molar-refractivity contribution in [2.45, 2.75) is 16.3 Å². The van der Waals surface area contributed by atoms with E-state index in [1.54, 1.807) is 4.90 Å². The third-order valence-electron chi connectivity index (χ3n) is 7.20. The number of para-hydroxylation sites is 2. The van der Waals surface area contributed by atoms with Gasteiger partial charge in [-0.05, 0) is 59.2 Å². The van der Waals surface area contributed by atoms with Gasteiger partial charge in [0, 0.05) is 45.8 Å². The molecule has 5 aromatic rings. The SMILES string of the molecule is CN1Cc2cc(N3c4ccccc4-c4ccccc4Sc4ccccc4-c4ccccc43)ccc2C1=O. The summed E-state index contributed by atoms with van der Waals surface area (Å²) in [6, 6.07) is 40.8. The molecule has 0 saturated carbocycles. The van der Waals surface area contributed by atoms with Crippen LogP contribution in [0.2, 0.25) is 0 Å². The molecule has 178 valence electrons. The molecule has 0 radical (unpaired) electrons. The summed E-state index contributed by atoms with van der Waals surface area (Å²) in [4.78, 5) is 19.2. The average Bonchev–Trinajstić information content (AvgIpc) is 3.22. The average molecular weight is 497 g/mol. The van der Waals surface area contributed by atoms with Gasteiger partial charge in [0.05, 0.1) is 11.4 Å². The van der Waals surface area contributed by atoms with Crippen molar-refractivity contribution in [2.24, 2.45) is 0 Å². The van der Waals surface area contributed by atoms with Crippen molar-refractivity contribution in [1.82, 2.24) is 4.90 Å². The first kappa shape index (κ1) is 22.0. The minimum Gasteiger partial charge on any atom is -0.337 e. The number of nitrogens with zero attached hydrogens (tertiary/aromatic N) is 2. The van der Waals surface area contributed by atoms with Crippen LogP contribution in [-0.2, 0) is 6.54 Å². The van der Waals surface area contributed by atoms with E-state index in [1.807, 2.05) is 24.9 Å². The molecule has 0 atom stereocenters. The van der Waals surface area contributed by atoms with Crippen LogP contribution < -0.4 is 4.90 Å². The maximum Gasteiger partial charge on any atom is 0.254 e. The Bertz CT molecular complexity index is 1600. The molecule has 0 aliphatic carbocycles. The van der Waals surface area contributed by atoms with Crippen LogP contribution in [-0.4, -0.2) is 17.9 Å². The lowest BCUT2D eigenvalue weighted by atomic mass is 9.98. The van der Waals surface area contributed by atoms with Crippen LogP contribution in [0, 0.1) is 0 Å². The van der Waals surface area contributed by atoms with Crippen LogP contribution in [0.3, 0.4) is 0 Å². The normalized spacial score (nSPS) is 13.8. The van der Waals surface area contributed by atoms with E-state index in [9.17, 15) is 4.79 Å². The number of fused-ring (bicyclic) bond motifs is 7. The van der Waals surface area contributed by atoms with E-state index in [0.29, 0.717) is 6.54 Å². The van der Waals surface area contributed by atoms with Gasteiger partial charge in [-0.15, -0.1) is 0 Å². The van der Waals surface area contributed by atoms with Crippen LogP contribution in [0.4, 0.5) is 17.1 Å². The summed E-state index contributed by atoms with van der Waals surface area (Å²) in [6.07, 6.45) is 0. The minimum absolute atomic E-state index is 0.0863. The predicted molar refractivity (Wildman–Crippen MR) is 152 cm³/mol. The second-order valence-electron chi connectivity index (χ2n) is 9.47. The first-order valence-electron chi connectivity index (χ1n) is 12.4. The van der Waals surface area contributed by atoms with Gasteiger partial charge in [0.2, 0.25) is 0 Å². The molecule has 0 spiro atoms. The van der Waals surface area contributed by atoms with Crippen LogP contribution >= 0.6 is 11.8 Å². The topological polar surface area (TPSA) is 23.6 Å². The third-order valence-corrected chi connectivity index (χ3v) is 8.35. The van der Waals surface area contributed by atoms with Gasteiger partial charge in [-0.1, -0.05) is 84.6 Å². The Morgan fingerprint density at radius 1 is 0.595 bits per heavy atom. The molecule has 2 heterocycles. The Labute approximate surface area is 221 Å². The van der Waals surface area contributed by atoms with E-state index in [1.165, 1.54) is 32.0 Å². The van der Waals surface area contributed by atoms with Gasteiger partial charge >= 0.3 is 0 Å². The summed E-state index contributed by atoms with van der Waals surface area (Å²) < 4.78 is 0. The Kier molecular flexibility index (Phi) is 5.15. The smallest absolute Gasteiger partial charge is 0.254 e. The molecule has 3 nitrogen and oxygen atoms in total. The maximum atomic E-state index is 12.6. The highest BCUT2D eigenvalue weighted by atomic mass is 32.2. The van der Waals surface area contributed by atoms with E-state index >= 15 is 0 Å². The molecule has 5 aromatic carbocycles. The molecule has 0 fully saturated rings. The van der Waals surface area contributed by atoms with Gasteiger partial charge < -0.3 is 9.80 Å². The number of carbonyl (C=O) groups is 1. The molecule has 2 aliphatic rings. The van der Waals surface area contributed by atoms with Gasteiger partial charge in [0.15, 0.2) is 0 Å². The highest BCUT2D eigenvalue weighted by Gasteiger charge is 2.28. The van der Waals surface area contributed by atoms with Crippen molar-refractivity contribution in [3.05, 3.63) is 126 Å². The Balaban J connectivity index is 1.57. The molecule has 0 unspecified atom stereocenters. The van der Waals surface area contributed by atoms with E-state index in [0.717, 1.165) is 28.2 Å². The zero-order chi connectivity index (χ0) is 24.9. The maximum absolute atomic E-state index is 12.6. The molecule has 7 rings (SSSR count). The molecule has 4 heteroatoms. The molecule has 2 aliphatic heterocycles. The lowest BCUT2D eigenvalue weighted by Gasteiger charge is -2.31. The van der Waals surface area contributed by atoms with Gasteiger partial charge in [-0.25, -0.2) is 0 Å². The van der Waals surface area contributed by atoms with Crippen LogP contribution in [0.1, 0.15) is 15.9 Å². The lowest BCUT2D eigenvalue weighted by Crippen LogP contribution is -2.17. The Morgan fingerprint density at radius 2 is 1.11 bits per heavy atom. The minimum atomic E-state index is 0.0863. The molecule has 0 N–H and O–H groups in total. The summed E-state index contributed by atoms with van der Waals surface area (Å²) in [7, 11) is 1.86. The van der Waals surface area contributed by atoms with Gasteiger partial charge in [-0.3, -0.25) is 4.79 Å². The quantitative estimate of drug-likeness (QED) is 0.228. The zero-order valence-corrected chi connectivity index (χ0v) is 21.2. The largest absolute Gasteiger partial charge is 0.337 e. The highest BCUT2D eigenvalue weighted by Crippen LogP contribution is 2.50. The molecular formula is C33H24N2OS. The number of hydrogen-bond acceptors (Lipinski definition) is 3.